The van der Waals surface area contributed by atoms with Crippen molar-refractivity contribution in [3.05, 3.63) is 45.3 Å². The molecule has 0 unspecified atom stereocenters. The maximum atomic E-state index is 12.4. The molecule has 1 aromatic carbocycles. The lowest BCUT2D eigenvalue weighted by Gasteiger charge is -2.15. The Kier molecular flexibility index (Phi) is 4.77. The van der Waals surface area contributed by atoms with E-state index in [4.69, 9.17) is 21.5 Å². The summed E-state index contributed by atoms with van der Waals surface area (Å²) in [7, 11) is 0. The molecule has 0 bridgehead atoms. The first kappa shape index (κ1) is 16.5. The number of aromatic nitrogens is 1. The van der Waals surface area contributed by atoms with Gasteiger partial charge in [0, 0.05) is 11.5 Å². The van der Waals surface area contributed by atoms with Crippen LogP contribution in [0.5, 0.6) is 5.75 Å². The van der Waals surface area contributed by atoms with Crippen LogP contribution in [0.15, 0.2) is 27.3 Å². The van der Waals surface area contributed by atoms with Gasteiger partial charge in [0.05, 0.1) is 21.1 Å². The average Bonchev–Trinajstić information content (AvgIpc) is 3.23. The van der Waals surface area contributed by atoms with Crippen LogP contribution in [0.25, 0.3) is 0 Å². The van der Waals surface area contributed by atoms with Gasteiger partial charge in [0.1, 0.15) is 18.1 Å². The first-order valence-electron chi connectivity index (χ1n) is 7.18. The van der Waals surface area contributed by atoms with E-state index in [0.717, 1.165) is 29.7 Å². The summed E-state index contributed by atoms with van der Waals surface area (Å²) in [6, 6.07) is 3.60. The van der Waals surface area contributed by atoms with Gasteiger partial charge in [-0.1, -0.05) is 23.4 Å². The Morgan fingerprint density at radius 3 is 2.83 bits per heavy atom. The highest BCUT2D eigenvalue weighted by Gasteiger charge is 2.32. The molecule has 0 spiro atoms. The van der Waals surface area contributed by atoms with Crippen molar-refractivity contribution in [3.8, 4) is 5.75 Å². The zero-order valence-corrected chi connectivity index (χ0v) is 14.7. The molecule has 1 aliphatic carbocycles. The Bertz CT molecular complexity index is 744. The molecule has 1 aliphatic rings. The monoisotopic (exact) mass is 401 g/mol. The van der Waals surface area contributed by atoms with Crippen LogP contribution in [0.2, 0.25) is 0 Å². The summed E-state index contributed by atoms with van der Waals surface area (Å²) in [5, 5.41) is 3.86. The third-order valence-corrected chi connectivity index (χ3v) is 4.81. The molecular formula is C16H14BrF2NO2S. The molecule has 1 heterocycles. The zero-order valence-electron chi connectivity index (χ0n) is 12.3. The van der Waals surface area contributed by atoms with Crippen LogP contribution in [0.4, 0.5) is 8.78 Å². The second kappa shape index (κ2) is 6.65. The van der Waals surface area contributed by atoms with Gasteiger partial charge < -0.3 is 9.26 Å². The zero-order chi connectivity index (χ0) is 16.6. The fourth-order valence-electron chi connectivity index (χ4n) is 2.43. The number of nitrogens with zero attached hydrogens (tertiary/aromatic N) is 1. The standard InChI is InChI=1S/C16H14BrF2NO2S/c1-8-10(4-5-12(17)14(8)21-7-13(18)19)16(23)11-6-20-22-15(11)9-2-3-9/h4-6,9,13H,2-3,7H2,1H3. The normalized spacial score (nSPS) is 14.3. The van der Waals surface area contributed by atoms with E-state index in [-0.39, 0.29) is 0 Å². The first-order valence-corrected chi connectivity index (χ1v) is 8.38. The number of benzene rings is 1. The summed E-state index contributed by atoms with van der Waals surface area (Å²) in [6.45, 7) is 1.15. The van der Waals surface area contributed by atoms with E-state index in [1.807, 2.05) is 6.07 Å². The highest BCUT2D eigenvalue weighted by Crippen LogP contribution is 2.42. The van der Waals surface area contributed by atoms with E-state index >= 15 is 0 Å². The number of rotatable bonds is 6. The Hall–Kier alpha value is -1.34. The van der Waals surface area contributed by atoms with E-state index in [2.05, 4.69) is 21.1 Å². The number of hydrogen-bond acceptors (Lipinski definition) is 4. The predicted octanol–water partition coefficient (Wildman–Crippen LogP) is 5.03. The van der Waals surface area contributed by atoms with Crippen molar-refractivity contribution >= 4 is 33.0 Å². The van der Waals surface area contributed by atoms with E-state index < -0.39 is 13.0 Å². The van der Waals surface area contributed by atoms with E-state index in [1.165, 1.54) is 0 Å². The van der Waals surface area contributed by atoms with Crippen LogP contribution in [-0.4, -0.2) is 23.1 Å². The Balaban J connectivity index is 1.94. The molecule has 3 rings (SSSR count). The largest absolute Gasteiger partial charge is 0.486 e. The van der Waals surface area contributed by atoms with Crippen LogP contribution in [0, 0.1) is 6.92 Å². The lowest BCUT2D eigenvalue weighted by atomic mass is 9.99. The van der Waals surface area contributed by atoms with Crippen molar-refractivity contribution in [1.82, 2.24) is 5.16 Å². The van der Waals surface area contributed by atoms with Gasteiger partial charge >= 0.3 is 0 Å². The molecule has 1 saturated carbocycles. The van der Waals surface area contributed by atoms with Crippen LogP contribution in [0.1, 0.15) is 41.2 Å². The fourth-order valence-corrected chi connectivity index (χ4v) is 3.35. The molecular weight excluding hydrogens is 388 g/mol. The van der Waals surface area contributed by atoms with Crippen molar-refractivity contribution in [2.45, 2.75) is 32.1 Å². The third kappa shape index (κ3) is 3.45. The molecule has 1 aromatic heterocycles. The molecule has 23 heavy (non-hydrogen) atoms. The van der Waals surface area contributed by atoms with Gasteiger partial charge in [-0.25, -0.2) is 8.78 Å². The topological polar surface area (TPSA) is 35.3 Å². The quantitative estimate of drug-likeness (QED) is 0.502. The Morgan fingerprint density at radius 2 is 2.17 bits per heavy atom. The van der Waals surface area contributed by atoms with Crippen LogP contribution in [0.3, 0.4) is 0 Å². The minimum Gasteiger partial charge on any atom is -0.486 e. The number of alkyl halides is 2. The van der Waals surface area contributed by atoms with Crippen LogP contribution >= 0.6 is 28.1 Å². The van der Waals surface area contributed by atoms with Gasteiger partial charge in [-0.15, -0.1) is 0 Å². The van der Waals surface area contributed by atoms with Crippen molar-refractivity contribution in [3.63, 3.8) is 0 Å². The van der Waals surface area contributed by atoms with Crippen LogP contribution in [-0.2, 0) is 0 Å². The maximum absolute atomic E-state index is 12.4. The third-order valence-electron chi connectivity index (χ3n) is 3.75. The van der Waals surface area contributed by atoms with Gasteiger partial charge in [-0.05, 0) is 47.3 Å². The molecule has 7 heteroatoms. The summed E-state index contributed by atoms with van der Waals surface area (Å²) >= 11 is 8.92. The summed E-state index contributed by atoms with van der Waals surface area (Å²) in [5.74, 6) is 1.58. The lowest BCUT2D eigenvalue weighted by Crippen LogP contribution is -2.10. The molecule has 0 amide bonds. The average molecular weight is 402 g/mol. The molecule has 0 radical (unpaired) electrons. The second-order valence-electron chi connectivity index (χ2n) is 5.46. The molecule has 2 aromatic rings. The number of hydrogen-bond donors (Lipinski definition) is 0. The number of ether oxygens (including phenoxy) is 1. The van der Waals surface area contributed by atoms with Crippen molar-refractivity contribution in [1.29, 1.82) is 0 Å². The number of thiocarbonyl (C=S) groups is 1. The molecule has 0 N–H and O–H groups in total. The predicted molar refractivity (Wildman–Crippen MR) is 89.7 cm³/mol. The minimum atomic E-state index is -2.53. The van der Waals surface area contributed by atoms with Gasteiger partial charge in [0.25, 0.3) is 6.43 Å². The van der Waals surface area contributed by atoms with Gasteiger partial charge in [0.15, 0.2) is 0 Å². The maximum Gasteiger partial charge on any atom is 0.272 e. The Labute approximate surface area is 146 Å². The second-order valence-corrected chi connectivity index (χ2v) is 6.72. The number of halogens is 3. The summed E-state index contributed by atoms with van der Waals surface area (Å²) in [4.78, 5) is 0.597. The van der Waals surface area contributed by atoms with Gasteiger partial charge in [-0.2, -0.15) is 0 Å². The molecule has 0 saturated heterocycles. The highest BCUT2D eigenvalue weighted by atomic mass is 79.9. The van der Waals surface area contributed by atoms with E-state index in [1.54, 1.807) is 19.2 Å². The SMILES string of the molecule is Cc1c(C(=S)c2cnoc2C2CC2)ccc(Br)c1OCC(F)F. The van der Waals surface area contributed by atoms with Gasteiger partial charge in [0.2, 0.25) is 0 Å². The van der Waals surface area contributed by atoms with E-state index in [9.17, 15) is 8.78 Å². The molecule has 122 valence electrons. The molecule has 0 aliphatic heterocycles. The van der Waals surface area contributed by atoms with Gasteiger partial charge in [-0.3, -0.25) is 0 Å². The Morgan fingerprint density at radius 1 is 1.43 bits per heavy atom. The summed E-state index contributed by atoms with van der Waals surface area (Å²) in [6.07, 6.45) is 1.24. The smallest absolute Gasteiger partial charge is 0.272 e. The minimum absolute atomic E-state index is 0.384. The van der Waals surface area contributed by atoms with Crippen LogP contribution < -0.4 is 4.74 Å². The molecule has 1 fully saturated rings. The van der Waals surface area contributed by atoms with Crippen molar-refractivity contribution < 1.29 is 18.0 Å². The lowest BCUT2D eigenvalue weighted by molar-refractivity contribution is 0.0812. The molecule has 0 atom stereocenters. The van der Waals surface area contributed by atoms with Crippen molar-refractivity contribution in [2.75, 3.05) is 6.61 Å². The summed E-state index contributed by atoms with van der Waals surface area (Å²) < 4.78 is 36.0. The first-order chi connectivity index (χ1) is 11.0. The molecule has 3 nitrogen and oxygen atoms in total. The fraction of sp³-hybridized carbons (Fsp3) is 0.375. The van der Waals surface area contributed by atoms with E-state index in [0.29, 0.717) is 26.6 Å². The van der Waals surface area contributed by atoms with Crippen molar-refractivity contribution in [2.24, 2.45) is 0 Å². The summed E-state index contributed by atoms with van der Waals surface area (Å²) in [5.41, 5.74) is 2.28. The highest BCUT2D eigenvalue weighted by molar-refractivity contribution is 9.10.